The fourth-order valence-electron chi connectivity index (χ4n) is 3.62. The van der Waals surface area contributed by atoms with Crippen LogP contribution in [0.3, 0.4) is 0 Å². The van der Waals surface area contributed by atoms with Gasteiger partial charge in [0.2, 0.25) is 5.95 Å². The molecule has 1 aliphatic heterocycles. The average Bonchev–Trinajstić information content (AvgIpc) is 2.66. The van der Waals surface area contributed by atoms with Crippen molar-refractivity contribution in [3.63, 3.8) is 0 Å². The van der Waals surface area contributed by atoms with E-state index < -0.39 is 0 Å². The first-order valence-corrected chi connectivity index (χ1v) is 8.91. The molecule has 2 fully saturated rings. The highest BCUT2D eigenvalue weighted by Gasteiger charge is 2.41. The number of piperazine rings is 1. The number of nitrogens with zero attached hydrogens (tertiary/aromatic N) is 4. The fraction of sp³-hybridized carbons (Fsp3) is 0.421. The van der Waals surface area contributed by atoms with Crippen molar-refractivity contribution < 1.29 is 4.79 Å². The van der Waals surface area contributed by atoms with Crippen molar-refractivity contribution in [1.82, 2.24) is 20.2 Å². The molecule has 4 rings (SSSR count). The third-order valence-electron chi connectivity index (χ3n) is 5.28. The number of hydrogen-bond acceptors (Lipinski definition) is 4. The summed E-state index contributed by atoms with van der Waals surface area (Å²) < 4.78 is 0. The zero-order valence-electron chi connectivity index (χ0n) is 14.3. The molecule has 2 amide bonds. The van der Waals surface area contributed by atoms with Gasteiger partial charge in [-0.05, 0) is 30.9 Å². The van der Waals surface area contributed by atoms with Crippen LogP contribution in [0.2, 0.25) is 0 Å². The van der Waals surface area contributed by atoms with Gasteiger partial charge in [0.15, 0.2) is 0 Å². The molecule has 2 aromatic rings. The van der Waals surface area contributed by atoms with Crippen LogP contribution in [0, 0.1) is 0 Å². The topological polar surface area (TPSA) is 61.4 Å². The lowest BCUT2D eigenvalue weighted by Crippen LogP contribution is -2.58. The van der Waals surface area contributed by atoms with Gasteiger partial charge in [0.25, 0.3) is 0 Å². The molecule has 6 heteroatoms. The maximum atomic E-state index is 12.8. The lowest BCUT2D eigenvalue weighted by atomic mass is 9.72. The Labute approximate surface area is 147 Å². The second-order valence-corrected chi connectivity index (χ2v) is 6.75. The van der Waals surface area contributed by atoms with Crippen LogP contribution in [0.5, 0.6) is 0 Å². The normalized spacial score (nSPS) is 19.2. The predicted octanol–water partition coefficient (Wildman–Crippen LogP) is 2.39. The molecule has 0 atom stereocenters. The summed E-state index contributed by atoms with van der Waals surface area (Å²) in [5.41, 5.74) is 1.03. The molecule has 25 heavy (non-hydrogen) atoms. The number of rotatable bonds is 3. The molecule has 0 radical (unpaired) electrons. The average molecular weight is 337 g/mol. The molecular weight excluding hydrogens is 314 g/mol. The quantitative estimate of drug-likeness (QED) is 0.934. The van der Waals surface area contributed by atoms with Crippen molar-refractivity contribution in [2.75, 3.05) is 31.1 Å². The SMILES string of the molecule is O=C(NC1(c2ccccc2)CCC1)N1CCN(c2ncccn2)CC1. The Balaban J connectivity index is 1.38. The summed E-state index contributed by atoms with van der Waals surface area (Å²) in [6, 6.07) is 12.2. The van der Waals surface area contributed by atoms with Crippen LogP contribution in [0.1, 0.15) is 24.8 Å². The van der Waals surface area contributed by atoms with Crippen LogP contribution in [-0.2, 0) is 5.54 Å². The molecule has 1 saturated heterocycles. The van der Waals surface area contributed by atoms with E-state index in [1.54, 1.807) is 12.4 Å². The van der Waals surface area contributed by atoms with Crippen LogP contribution in [0.4, 0.5) is 10.7 Å². The molecule has 1 aromatic heterocycles. The number of anilines is 1. The van der Waals surface area contributed by atoms with Crippen LogP contribution < -0.4 is 10.2 Å². The highest BCUT2D eigenvalue weighted by Crippen LogP contribution is 2.41. The Kier molecular flexibility index (Phi) is 4.26. The van der Waals surface area contributed by atoms with Gasteiger partial charge in [-0.1, -0.05) is 30.3 Å². The van der Waals surface area contributed by atoms with Crippen LogP contribution in [0.15, 0.2) is 48.8 Å². The Morgan fingerprint density at radius 1 is 0.960 bits per heavy atom. The van der Waals surface area contributed by atoms with Gasteiger partial charge >= 0.3 is 6.03 Å². The largest absolute Gasteiger partial charge is 0.337 e. The smallest absolute Gasteiger partial charge is 0.318 e. The van der Waals surface area contributed by atoms with Crippen LogP contribution in [-0.4, -0.2) is 47.1 Å². The molecule has 1 N–H and O–H groups in total. The van der Waals surface area contributed by atoms with E-state index in [0.717, 1.165) is 38.3 Å². The molecule has 1 saturated carbocycles. The predicted molar refractivity (Wildman–Crippen MR) is 96.3 cm³/mol. The summed E-state index contributed by atoms with van der Waals surface area (Å²) in [7, 11) is 0. The van der Waals surface area contributed by atoms with Gasteiger partial charge < -0.3 is 15.1 Å². The lowest BCUT2D eigenvalue weighted by molar-refractivity contribution is 0.147. The summed E-state index contributed by atoms with van der Waals surface area (Å²) in [5.74, 6) is 0.738. The van der Waals surface area contributed by atoms with Crippen molar-refractivity contribution in [3.05, 3.63) is 54.4 Å². The first-order valence-electron chi connectivity index (χ1n) is 8.91. The van der Waals surface area contributed by atoms with E-state index in [4.69, 9.17) is 0 Å². The third kappa shape index (κ3) is 3.16. The number of amides is 2. The van der Waals surface area contributed by atoms with Crippen LogP contribution >= 0.6 is 0 Å². The van der Waals surface area contributed by atoms with E-state index in [2.05, 4.69) is 32.3 Å². The van der Waals surface area contributed by atoms with Gasteiger partial charge in [0, 0.05) is 38.6 Å². The van der Waals surface area contributed by atoms with E-state index >= 15 is 0 Å². The molecule has 1 aliphatic carbocycles. The molecule has 2 heterocycles. The molecule has 6 nitrogen and oxygen atoms in total. The third-order valence-corrected chi connectivity index (χ3v) is 5.28. The minimum absolute atomic E-state index is 0.0391. The second kappa shape index (κ2) is 6.70. The molecule has 2 aliphatic rings. The highest BCUT2D eigenvalue weighted by molar-refractivity contribution is 5.76. The summed E-state index contributed by atoms with van der Waals surface area (Å²) in [4.78, 5) is 25.4. The van der Waals surface area contributed by atoms with Crippen molar-refractivity contribution in [2.45, 2.75) is 24.8 Å². The standard InChI is InChI=1S/C19H23N5O/c25-18(22-19(8-4-9-19)16-6-2-1-3-7-16)24-14-12-23(13-15-24)17-20-10-5-11-21-17/h1-3,5-7,10-11H,4,8-9,12-15H2,(H,22,25). The van der Waals surface area contributed by atoms with Gasteiger partial charge in [-0.25, -0.2) is 14.8 Å². The number of aromatic nitrogens is 2. The minimum atomic E-state index is -0.183. The summed E-state index contributed by atoms with van der Waals surface area (Å²) in [6.07, 6.45) is 6.69. The summed E-state index contributed by atoms with van der Waals surface area (Å²) in [6.45, 7) is 2.90. The van der Waals surface area contributed by atoms with E-state index in [0.29, 0.717) is 13.1 Å². The highest BCUT2D eigenvalue weighted by atomic mass is 16.2. The van der Waals surface area contributed by atoms with Gasteiger partial charge in [-0.15, -0.1) is 0 Å². The maximum absolute atomic E-state index is 12.8. The number of nitrogens with one attached hydrogen (secondary N) is 1. The van der Waals surface area contributed by atoms with Crippen molar-refractivity contribution in [3.8, 4) is 0 Å². The van der Waals surface area contributed by atoms with Crippen molar-refractivity contribution in [1.29, 1.82) is 0 Å². The Bertz CT molecular complexity index is 709. The van der Waals surface area contributed by atoms with Gasteiger partial charge in [-0.3, -0.25) is 0 Å². The number of urea groups is 1. The lowest BCUT2D eigenvalue weighted by Gasteiger charge is -2.45. The van der Waals surface area contributed by atoms with Crippen LogP contribution in [0.25, 0.3) is 0 Å². The Morgan fingerprint density at radius 2 is 1.64 bits per heavy atom. The summed E-state index contributed by atoms with van der Waals surface area (Å²) in [5, 5.41) is 3.31. The zero-order chi connectivity index (χ0) is 17.1. The van der Waals surface area contributed by atoms with Gasteiger partial charge in [-0.2, -0.15) is 0 Å². The van der Waals surface area contributed by atoms with E-state index in [1.807, 2.05) is 29.2 Å². The molecule has 1 aromatic carbocycles. The molecule has 0 unspecified atom stereocenters. The molecule has 0 bridgehead atoms. The Morgan fingerprint density at radius 3 is 2.24 bits per heavy atom. The maximum Gasteiger partial charge on any atom is 0.318 e. The molecule has 0 spiro atoms. The van der Waals surface area contributed by atoms with E-state index in [1.165, 1.54) is 5.56 Å². The van der Waals surface area contributed by atoms with Gasteiger partial charge in [0.1, 0.15) is 0 Å². The second-order valence-electron chi connectivity index (χ2n) is 6.75. The first-order chi connectivity index (χ1) is 12.3. The van der Waals surface area contributed by atoms with Crippen molar-refractivity contribution >= 4 is 12.0 Å². The molecular formula is C19H23N5O. The van der Waals surface area contributed by atoms with Gasteiger partial charge in [0.05, 0.1) is 5.54 Å². The first kappa shape index (κ1) is 15.9. The number of benzene rings is 1. The minimum Gasteiger partial charge on any atom is -0.337 e. The number of carbonyl (C=O) groups is 1. The molecule has 130 valence electrons. The number of hydrogen-bond donors (Lipinski definition) is 1. The Hall–Kier alpha value is -2.63. The van der Waals surface area contributed by atoms with E-state index in [9.17, 15) is 4.79 Å². The fourth-order valence-corrected chi connectivity index (χ4v) is 3.62. The summed E-state index contributed by atoms with van der Waals surface area (Å²) >= 11 is 0. The monoisotopic (exact) mass is 337 g/mol. The number of carbonyl (C=O) groups excluding carboxylic acids is 1. The van der Waals surface area contributed by atoms with Crippen molar-refractivity contribution in [2.24, 2.45) is 0 Å². The zero-order valence-corrected chi connectivity index (χ0v) is 14.3. The van der Waals surface area contributed by atoms with E-state index in [-0.39, 0.29) is 11.6 Å².